The van der Waals surface area contributed by atoms with Gasteiger partial charge in [0.1, 0.15) is 0 Å². The SMILES string of the molecule is C.CC1(C)c2ccccc2-c2ccc(Nc3ccc(-c4ccccc4)cc3)cc21. The number of rotatable bonds is 3. The Balaban J connectivity index is 0.00000205. The third-order valence-corrected chi connectivity index (χ3v) is 5.86. The van der Waals surface area contributed by atoms with Crippen LogP contribution >= 0.6 is 0 Å². The van der Waals surface area contributed by atoms with Gasteiger partial charge in [0.25, 0.3) is 0 Å². The summed E-state index contributed by atoms with van der Waals surface area (Å²) in [6.45, 7) is 4.63. The Kier molecular flexibility index (Phi) is 4.76. The molecule has 0 fully saturated rings. The lowest BCUT2D eigenvalue weighted by Gasteiger charge is -2.22. The summed E-state index contributed by atoms with van der Waals surface area (Å²) in [6.07, 6.45) is 0. The molecule has 1 aliphatic rings. The fourth-order valence-electron chi connectivity index (χ4n) is 4.33. The molecular formula is C28H27N. The molecule has 0 unspecified atom stereocenters. The predicted octanol–water partition coefficient (Wildman–Crippen LogP) is 8.04. The zero-order chi connectivity index (χ0) is 19.1. The van der Waals surface area contributed by atoms with Crippen molar-refractivity contribution in [3.8, 4) is 22.3 Å². The Hall–Kier alpha value is -3.32. The second-order valence-corrected chi connectivity index (χ2v) is 8.00. The van der Waals surface area contributed by atoms with E-state index in [1.807, 2.05) is 6.07 Å². The first kappa shape index (κ1) is 19.0. The molecule has 4 aromatic rings. The highest BCUT2D eigenvalue weighted by Gasteiger charge is 2.35. The van der Waals surface area contributed by atoms with E-state index in [0.717, 1.165) is 11.4 Å². The maximum absolute atomic E-state index is 3.58. The molecule has 1 N–H and O–H groups in total. The van der Waals surface area contributed by atoms with Crippen molar-refractivity contribution in [2.45, 2.75) is 26.7 Å². The Morgan fingerprint density at radius 3 is 1.90 bits per heavy atom. The van der Waals surface area contributed by atoms with Crippen molar-refractivity contribution < 1.29 is 0 Å². The van der Waals surface area contributed by atoms with Crippen LogP contribution in [0.15, 0.2) is 97.1 Å². The van der Waals surface area contributed by atoms with Crippen LogP contribution in [0.5, 0.6) is 0 Å². The maximum Gasteiger partial charge on any atom is 0.0387 e. The van der Waals surface area contributed by atoms with Gasteiger partial charge in [0.05, 0.1) is 0 Å². The van der Waals surface area contributed by atoms with Gasteiger partial charge in [0.2, 0.25) is 0 Å². The molecule has 0 aliphatic heterocycles. The number of hydrogen-bond donors (Lipinski definition) is 1. The first-order valence-electron chi connectivity index (χ1n) is 9.80. The van der Waals surface area contributed by atoms with E-state index in [2.05, 4.69) is 110 Å². The van der Waals surface area contributed by atoms with Gasteiger partial charge in [-0.1, -0.05) is 94.1 Å². The van der Waals surface area contributed by atoms with Gasteiger partial charge in [-0.25, -0.2) is 0 Å². The number of hydrogen-bond acceptors (Lipinski definition) is 1. The summed E-state index contributed by atoms with van der Waals surface area (Å²) in [5, 5.41) is 3.58. The molecule has 1 nitrogen and oxygen atoms in total. The smallest absolute Gasteiger partial charge is 0.0387 e. The number of fused-ring (bicyclic) bond motifs is 3. The van der Waals surface area contributed by atoms with Crippen molar-refractivity contribution in [3.63, 3.8) is 0 Å². The second kappa shape index (κ2) is 7.25. The topological polar surface area (TPSA) is 12.0 Å². The highest BCUT2D eigenvalue weighted by atomic mass is 14.9. The molecule has 4 aromatic carbocycles. The van der Waals surface area contributed by atoms with Crippen molar-refractivity contribution in [2.75, 3.05) is 5.32 Å². The molecular weight excluding hydrogens is 350 g/mol. The van der Waals surface area contributed by atoms with Crippen molar-refractivity contribution in [3.05, 3.63) is 108 Å². The van der Waals surface area contributed by atoms with Gasteiger partial charge in [-0.15, -0.1) is 0 Å². The lowest BCUT2D eigenvalue weighted by atomic mass is 9.82. The monoisotopic (exact) mass is 377 g/mol. The van der Waals surface area contributed by atoms with Gasteiger partial charge in [0.15, 0.2) is 0 Å². The lowest BCUT2D eigenvalue weighted by Crippen LogP contribution is -2.15. The van der Waals surface area contributed by atoms with Crippen LogP contribution in [0.3, 0.4) is 0 Å². The van der Waals surface area contributed by atoms with Gasteiger partial charge in [0, 0.05) is 16.8 Å². The zero-order valence-electron chi connectivity index (χ0n) is 16.2. The van der Waals surface area contributed by atoms with Gasteiger partial charge in [-0.2, -0.15) is 0 Å². The molecule has 0 atom stereocenters. The minimum absolute atomic E-state index is 0. The molecule has 0 saturated carbocycles. The lowest BCUT2D eigenvalue weighted by molar-refractivity contribution is 0.660. The second-order valence-electron chi connectivity index (χ2n) is 8.00. The molecule has 0 saturated heterocycles. The average molecular weight is 378 g/mol. The van der Waals surface area contributed by atoms with Crippen molar-refractivity contribution in [1.82, 2.24) is 0 Å². The normalized spacial score (nSPS) is 13.2. The fourth-order valence-corrected chi connectivity index (χ4v) is 4.33. The molecule has 1 aliphatic carbocycles. The van der Waals surface area contributed by atoms with Crippen LogP contribution in [0.1, 0.15) is 32.4 Å². The number of nitrogens with one attached hydrogen (secondary N) is 1. The number of benzene rings is 4. The maximum atomic E-state index is 3.58. The zero-order valence-corrected chi connectivity index (χ0v) is 16.2. The van der Waals surface area contributed by atoms with Crippen LogP contribution in [0, 0.1) is 0 Å². The van der Waals surface area contributed by atoms with Crippen molar-refractivity contribution in [1.29, 1.82) is 0 Å². The minimum atomic E-state index is 0. The van der Waals surface area contributed by atoms with Gasteiger partial charge in [-0.05, 0) is 57.6 Å². The largest absolute Gasteiger partial charge is 0.356 e. The van der Waals surface area contributed by atoms with E-state index < -0.39 is 0 Å². The van der Waals surface area contributed by atoms with Crippen LogP contribution in [0.2, 0.25) is 0 Å². The van der Waals surface area contributed by atoms with Crippen LogP contribution in [0.4, 0.5) is 11.4 Å². The molecule has 0 heterocycles. The highest BCUT2D eigenvalue weighted by Crippen LogP contribution is 2.49. The Morgan fingerprint density at radius 2 is 1.14 bits per heavy atom. The van der Waals surface area contributed by atoms with Crippen molar-refractivity contribution in [2.24, 2.45) is 0 Å². The van der Waals surface area contributed by atoms with Crippen LogP contribution < -0.4 is 5.32 Å². The van der Waals surface area contributed by atoms with E-state index in [9.17, 15) is 0 Å². The standard InChI is InChI=1S/C27H23N.CH4/c1-27(2)25-11-7-6-10-23(25)24-17-16-22(18-26(24)27)28-21-14-12-20(13-15-21)19-8-4-3-5-9-19;/h3-18,28H,1-2H3;1H4. The Morgan fingerprint density at radius 1 is 0.552 bits per heavy atom. The predicted molar refractivity (Wildman–Crippen MR) is 126 cm³/mol. The number of anilines is 2. The van der Waals surface area contributed by atoms with E-state index in [0.29, 0.717) is 0 Å². The minimum Gasteiger partial charge on any atom is -0.356 e. The summed E-state index contributed by atoms with van der Waals surface area (Å²) in [4.78, 5) is 0. The third kappa shape index (κ3) is 3.23. The first-order chi connectivity index (χ1) is 13.6. The quantitative estimate of drug-likeness (QED) is 0.381. The van der Waals surface area contributed by atoms with Gasteiger partial charge >= 0.3 is 0 Å². The Labute approximate surface area is 174 Å². The summed E-state index contributed by atoms with van der Waals surface area (Å²) < 4.78 is 0. The molecule has 5 rings (SSSR count). The first-order valence-corrected chi connectivity index (χ1v) is 9.80. The highest BCUT2D eigenvalue weighted by molar-refractivity contribution is 5.83. The van der Waals surface area contributed by atoms with E-state index in [-0.39, 0.29) is 12.8 Å². The van der Waals surface area contributed by atoms with E-state index >= 15 is 0 Å². The molecule has 144 valence electrons. The summed E-state index contributed by atoms with van der Waals surface area (Å²) in [5.74, 6) is 0. The van der Waals surface area contributed by atoms with E-state index in [1.54, 1.807) is 0 Å². The Bertz CT molecular complexity index is 1140. The summed E-state index contributed by atoms with van der Waals surface area (Å²) >= 11 is 0. The van der Waals surface area contributed by atoms with Crippen LogP contribution in [0.25, 0.3) is 22.3 Å². The average Bonchev–Trinajstić information content (AvgIpc) is 2.97. The molecule has 0 radical (unpaired) electrons. The van der Waals surface area contributed by atoms with Crippen molar-refractivity contribution >= 4 is 11.4 Å². The molecule has 0 amide bonds. The van der Waals surface area contributed by atoms with Crippen LogP contribution in [-0.4, -0.2) is 0 Å². The van der Waals surface area contributed by atoms with Gasteiger partial charge in [-0.3, -0.25) is 0 Å². The molecule has 0 spiro atoms. The summed E-state index contributed by atoms with van der Waals surface area (Å²) in [6, 6.07) is 34.6. The summed E-state index contributed by atoms with van der Waals surface area (Å²) in [5.41, 5.74) is 10.3. The molecule has 1 heteroatoms. The van der Waals surface area contributed by atoms with Crippen LogP contribution in [-0.2, 0) is 5.41 Å². The van der Waals surface area contributed by atoms with E-state index in [1.165, 1.54) is 33.4 Å². The van der Waals surface area contributed by atoms with Gasteiger partial charge < -0.3 is 5.32 Å². The third-order valence-electron chi connectivity index (χ3n) is 5.86. The van der Waals surface area contributed by atoms with E-state index in [4.69, 9.17) is 0 Å². The summed E-state index contributed by atoms with van der Waals surface area (Å²) in [7, 11) is 0. The fraction of sp³-hybridized carbons (Fsp3) is 0.143. The molecule has 0 bridgehead atoms. The molecule has 0 aromatic heterocycles. The molecule has 29 heavy (non-hydrogen) atoms.